The number of aromatic nitrogens is 2. The number of amides is 1. The molecule has 1 unspecified atom stereocenters. The zero-order chi connectivity index (χ0) is 14.8. The lowest BCUT2D eigenvalue weighted by Gasteiger charge is -2.32. The van der Waals surface area contributed by atoms with E-state index >= 15 is 0 Å². The molecule has 0 fully saturated rings. The molecule has 112 valence electrons. The number of carbonyl (C=O) groups excluding carboxylic acids is 1. The largest absolute Gasteiger partial charge is 0.396 e. The van der Waals surface area contributed by atoms with Crippen LogP contribution in [0.5, 0.6) is 0 Å². The van der Waals surface area contributed by atoms with Gasteiger partial charge in [0.2, 0.25) is 11.9 Å². The van der Waals surface area contributed by atoms with Crippen molar-refractivity contribution in [1.82, 2.24) is 9.55 Å². The number of hydrogen-bond donors (Lipinski definition) is 1. The minimum Gasteiger partial charge on any atom is -0.396 e. The number of aliphatic hydroxyl groups is 1. The first-order valence-corrected chi connectivity index (χ1v) is 7.12. The van der Waals surface area contributed by atoms with Gasteiger partial charge in [0.15, 0.2) is 0 Å². The van der Waals surface area contributed by atoms with Gasteiger partial charge in [-0.3, -0.25) is 9.69 Å². The van der Waals surface area contributed by atoms with E-state index in [1.54, 1.807) is 12.0 Å². The molecular weight excluding hydrogens is 270 g/mol. The van der Waals surface area contributed by atoms with Gasteiger partial charge in [0.25, 0.3) is 0 Å². The normalized spacial score (nSPS) is 18.3. The molecule has 0 spiro atoms. The molecule has 1 aromatic carbocycles. The minimum absolute atomic E-state index is 0.0104. The van der Waals surface area contributed by atoms with E-state index in [1.165, 1.54) is 0 Å². The molecule has 3 rings (SSSR count). The molecule has 1 aliphatic heterocycles. The minimum atomic E-state index is -0.211. The molecule has 0 saturated heterocycles. The first-order valence-electron chi connectivity index (χ1n) is 7.12. The fraction of sp³-hybridized carbons (Fsp3) is 0.467. The molecule has 1 amide bonds. The fourth-order valence-corrected chi connectivity index (χ4v) is 2.83. The van der Waals surface area contributed by atoms with E-state index < -0.39 is 0 Å². The van der Waals surface area contributed by atoms with Crippen LogP contribution < -0.4 is 4.90 Å². The second-order valence-corrected chi connectivity index (χ2v) is 5.20. The zero-order valence-corrected chi connectivity index (χ0v) is 12.0. The highest BCUT2D eigenvalue weighted by Gasteiger charge is 2.34. The number of ether oxygens (including phenoxy) is 1. The van der Waals surface area contributed by atoms with Crippen LogP contribution >= 0.6 is 0 Å². The monoisotopic (exact) mass is 289 g/mol. The lowest BCUT2D eigenvalue weighted by molar-refractivity contribution is -0.124. The number of hydrogen-bond acceptors (Lipinski definition) is 4. The molecule has 0 saturated carbocycles. The first-order chi connectivity index (χ1) is 10.3. The Morgan fingerprint density at radius 1 is 1.43 bits per heavy atom. The fourth-order valence-electron chi connectivity index (χ4n) is 2.83. The number of carbonyl (C=O) groups is 1. The summed E-state index contributed by atoms with van der Waals surface area (Å²) < 4.78 is 7.16. The van der Waals surface area contributed by atoms with Crippen molar-refractivity contribution in [3.63, 3.8) is 0 Å². The number of benzene rings is 1. The Kier molecular flexibility index (Phi) is 3.90. The van der Waals surface area contributed by atoms with Crippen molar-refractivity contribution in [2.45, 2.75) is 13.0 Å². The molecule has 0 bridgehead atoms. The molecule has 1 N–H and O–H groups in total. The van der Waals surface area contributed by atoms with E-state index in [0.717, 1.165) is 11.0 Å². The number of anilines is 1. The van der Waals surface area contributed by atoms with Gasteiger partial charge in [-0.1, -0.05) is 12.1 Å². The highest BCUT2D eigenvalue weighted by atomic mass is 16.5. The highest BCUT2D eigenvalue weighted by Crippen LogP contribution is 2.30. The van der Waals surface area contributed by atoms with Crippen molar-refractivity contribution in [2.24, 2.45) is 5.92 Å². The molecule has 21 heavy (non-hydrogen) atoms. The lowest BCUT2D eigenvalue weighted by Crippen LogP contribution is -2.45. The number of rotatable bonds is 5. The summed E-state index contributed by atoms with van der Waals surface area (Å²) >= 11 is 0. The Bertz CT molecular complexity index is 653. The van der Waals surface area contributed by atoms with E-state index in [-0.39, 0.29) is 18.4 Å². The third-order valence-corrected chi connectivity index (χ3v) is 3.89. The summed E-state index contributed by atoms with van der Waals surface area (Å²) in [6.45, 7) is 1.51. The highest BCUT2D eigenvalue weighted by molar-refractivity contribution is 5.97. The summed E-state index contributed by atoms with van der Waals surface area (Å²) in [6, 6.07) is 7.86. The van der Waals surface area contributed by atoms with Gasteiger partial charge in [0.1, 0.15) is 0 Å². The van der Waals surface area contributed by atoms with Crippen LogP contribution in [0, 0.1) is 5.92 Å². The van der Waals surface area contributed by atoms with Gasteiger partial charge in [-0.2, -0.15) is 0 Å². The van der Waals surface area contributed by atoms with Gasteiger partial charge in [0.05, 0.1) is 30.1 Å². The Balaban J connectivity index is 2.06. The van der Waals surface area contributed by atoms with Crippen LogP contribution in [-0.4, -0.2) is 47.4 Å². The topological polar surface area (TPSA) is 67.6 Å². The number of aliphatic hydroxyl groups excluding tert-OH is 1. The maximum absolute atomic E-state index is 12.6. The second-order valence-electron chi connectivity index (χ2n) is 5.20. The van der Waals surface area contributed by atoms with Crippen LogP contribution in [0.15, 0.2) is 24.3 Å². The predicted molar refractivity (Wildman–Crippen MR) is 79.2 cm³/mol. The molecule has 2 aromatic rings. The average molecular weight is 289 g/mol. The van der Waals surface area contributed by atoms with Crippen molar-refractivity contribution in [3.8, 4) is 0 Å². The number of methoxy groups -OCH3 is 1. The standard InChI is InChI=1S/C15H19N3O3/c1-21-9-7-17-14(20)11(6-8-19)10-18-13-5-3-2-4-12(13)16-15(17)18/h2-5,11,19H,6-10H2,1H3. The molecule has 1 aromatic heterocycles. The molecule has 1 atom stereocenters. The summed E-state index contributed by atoms with van der Waals surface area (Å²) in [5.74, 6) is 0.480. The molecule has 0 aliphatic carbocycles. The second kappa shape index (κ2) is 5.83. The quantitative estimate of drug-likeness (QED) is 0.892. The van der Waals surface area contributed by atoms with Crippen molar-refractivity contribution in [2.75, 3.05) is 31.8 Å². The van der Waals surface area contributed by atoms with Crippen LogP contribution in [0.25, 0.3) is 11.0 Å². The van der Waals surface area contributed by atoms with Crippen molar-refractivity contribution < 1.29 is 14.6 Å². The summed E-state index contributed by atoms with van der Waals surface area (Å²) in [4.78, 5) is 18.8. The third kappa shape index (κ3) is 2.41. The molecule has 2 heterocycles. The van der Waals surface area contributed by atoms with Gasteiger partial charge in [0, 0.05) is 20.3 Å². The summed E-state index contributed by atoms with van der Waals surface area (Å²) in [6.07, 6.45) is 0.467. The zero-order valence-electron chi connectivity index (χ0n) is 12.0. The van der Waals surface area contributed by atoms with E-state index in [1.807, 2.05) is 24.3 Å². The number of para-hydroxylation sites is 2. The maximum atomic E-state index is 12.6. The van der Waals surface area contributed by atoms with Crippen LogP contribution in [-0.2, 0) is 16.1 Å². The van der Waals surface area contributed by atoms with E-state index in [9.17, 15) is 9.90 Å². The van der Waals surface area contributed by atoms with Crippen LogP contribution in [0.3, 0.4) is 0 Å². The smallest absolute Gasteiger partial charge is 0.234 e. The van der Waals surface area contributed by atoms with Crippen LogP contribution in [0.2, 0.25) is 0 Å². The van der Waals surface area contributed by atoms with Gasteiger partial charge in [-0.25, -0.2) is 4.98 Å². The van der Waals surface area contributed by atoms with Gasteiger partial charge in [-0.15, -0.1) is 0 Å². The maximum Gasteiger partial charge on any atom is 0.234 e. The van der Waals surface area contributed by atoms with Gasteiger partial charge < -0.3 is 14.4 Å². The third-order valence-electron chi connectivity index (χ3n) is 3.89. The van der Waals surface area contributed by atoms with Gasteiger partial charge >= 0.3 is 0 Å². The molecular formula is C15H19N3O3. The number of fused-ring (bicyclic) bond motifs is 3. The molecule has 6 heteroatoms. The van der Waals surface area contributed by atoms with Crippen molar-refractivity contribution in [1.29, 1.82) is 0 Å². The van der Waals surface area contributed by atoms with Gasteiger partial charge in [-0.05, 0) is 18.6 Å². The number of nitrogens with zero attached hydrogens (tertiary/aromatic N) is 3. The van der Waals surface area contributed by atoms with Crippen LogP contribution in [0.1, 0.15) is 6.42 Å². The summed E-state index contributed by atoms with van der Waals surface area (Å²) in [5.41, 5.74) is 1.90. The Morgan fingerprint density at radius 2 is 2.24 bits per heavy atom. The van der Waals surface area contributed by atoms with Crippen molar-refractivity contribution in [3.05, 3.63) is 24.3 Å². The predicted octanol–water partition coefficient (Wildman–Crippen LogP) is 1.03. The van der Waals surface area contributed by atoms with Crippen molar-refractivity contribution >= 4 is 22.9 Å². The number of imidazole rings is 1. The summed E-state index contributed by atoms with van der Waals surface area (Å²) in [7, 11) is 1.61. The van der Waals surface area contributed by atoms with E-state index in [0.29, 0.717) is 32.1 Å². The van der Waals surface area contributed by atoms with E-state index in [2.05, 4.69) is 9.55 Å². The Labute approximate surface area is 122 Å². The molecule has 0 radical (unpaired) electrons. The van der Waals surface area contributed by atoms with E-state index in [4.69, 9.17) is 4.74 Å². The lowest BCUT2D eigenvalue weighted by atomic mass is 10.0. The van der Waals surface area contributed by atoms with Crippen LogP contribution in [0.4, 0.5) is 5.95 Å². The molecule has 6 nitrogen and oxygen atoms in total. The first kappa shape index (κ1) is 14.0. The Morgan fingerprint density at radius 3 is 3.00 bits per heavy atom. The Hall–Kier alpha value is -1.92. The molecule has 1 aliphatic rings. The SMILES string of the molecule is COCCN1C(=O)C(CCO)Cn2c1nc1ccccc12. The summed E-state index contributed by atoms with van der Waals surface area (Å²) in [5, 5.41) is 9.19. The average Bonchev–Trinajstić information content (AvgIpc) is 2.86.